The number of nitrogens with zero attached hydrogens (tertiary/aromatic N) is 2. The fourth-order valence-electron chi connectivity index (χ4n) is 7.58. The van der Waals surface area contributed by atoms with E-state index < -0.39 is 6.10 Å². The van der Waals surface area contributed by atoms with Gasteiger partial charge in [0.15, 0.2) is 11.5 Å². The minimum absolute atomic E-state index is 0.148. The fraction of sp³-hybridized carbons (Fsp3) is 0.778. The maximum Gasteiger partial charge on any atom is 0.231 e. The molecule has 1 atom stereocenters. The average molecular weight is 473 g/mol. The maximum atomic E-state index is 10.5. The molecule has 0 radical (unpaired) electrons. The van der Waals surface area contributed by atoms with E-state index in [1.54, 1.807) is 0 Å². The normalized spacial score (nSPS) is 33.5. The average Bonchev–Trinajstić information content (AvgIpc) is 3.29. The quantitative estimate of drug-likeness (QED) is 0.526. The van der Waals surface area contributed by atoms with Crippen LogP contribution in [0.4, 0.5) is 0 Å². The Morgan fingerprint density at radius 3 is 2.38 bits per heavy atom. The molecule has 6 aliphatic rings. The summed E-state index contributed by atoms with van der Waals surface area (Å²) < 4.78 is 23.4. The Morgan fingerprint density at radius 1 is 0.941 bits per heavy atom. The number of ether oxygens (including phenoxy) is 4. The van der Waals surface area contributed by atoms with E-state index in [1.807, 2.05) is 12.1 Å². The van der Waals surface area contributed by atoms with Crippen molar-refractivity contribution in [2.75, 3.05) is 59.3 Å². The van der Waals surface area contributed by atoms with Crippen LogP contribution in [0.5, 0.6) is 11.5 Å². The van der Waals surface area contributed by atoms with Gasteiger partial charge < -0.3 is 24.1 Å². The molecule has 1 aromatic carbocycles. The van der Waals surface area contributed by atoms with Crippen molar-refractivity contribution in [1.29, 1.82) is 0 Å². The van der Waals surface area contributed by atoms with Crippen molar-refractivity contribution in [2.45, 2.75) is 56.8 Å². The largest absolute Gasteiger partial charge is 0.454 e. The summed E-state index contributed by atoms with van der Waals surface area (Å²) in [6.07, 6.45) is 7.67. The Balaban J connectivity index is 0.863. The van der Waals surface area contributed by atoms with Gasteiger partial charge >= 0.3 is 0 Å². The molecule has 7 nitrogen and oxygen atoms in total. The molecule has 2 aliphatic heterocycles. The Morgan fingerprint density at radius 2 is 1.65 bits per heavy atom. The predicted octanol–water partition coefficient (Wildman–Crippen LogP) is 2.90. The summed E-state index contributed by atoms with van der Waals surface area (Å²) in [4.78, 5) is 4.78. The van der Waals surface area contributed by atoms with E-state index in [4.69, 9.17) is 18.9 Å². The van der Waals surface area contributed by atoms with Crippen LogP contribution in [-0.4, -0.2) is 85.9 Å². The first-order chi connectivity index (χ1) is 16.6. The van der Waals surface area contributed by atoms with Crippen LogP contribution < -0.4 is 9.47 Å². The molecule has 4 bridgehead atoms. The maximum absolute atomic E-state index is 10.5. The molecule has 4 saturated carbocycles. The van der Waals surface area contributed by atoms with Gasteiger partial charge in [-0.1, -0.05) is 12.1 Å². The van der Waals surface area contributed by atoms with Crippen LogP contribution in [0, 0.1) is 17.8 Å². The van der Waals surface area contributed by atoms with Gasteiger partial charge in [-0.15, -0.1) is 0 Å². The van der Waals surface area contributed by atoms with Crippen LogP contribution in [0.3, 0.4) is 0 Å². The number of aliphatic hydroxyl groups excluding tert-OH is 1. The van der Waals surface area contributed by atoms with Crippen LogP contribution >= 0.6 is 0 Å². The van der Waals surface area contributed by atoms with Crippen molar-refractivity contribution >= 4 is 0 Å². The molecule has 4 aliphatic carbocycles. The SMILES string of the molecule is OC(COCCOC12CC3CC(CC(C3)C1)C2)CN1CCN(Cc2cccc3c2OCO3)CC1. The van der Waals surface area contributed by atoms with Crippen molar-refractivity contribution in [3.05, 3.63) is 23.8 Å². The molecule has 7 rings (SSSR count). The molecule has 1 aromatic rings. The van der Waals surface area contributed by atoms with Crippen molar-refractivity contribution in [3.8, 4) is 11.5 Å². The first kappa shape index (κ1) is 23.0. The lowest BCUT2D eigenvalue weighted by molar-refractivity contribution is -0.170. The lowest BCUT2D eigenvalue weighted by Gasteiger charge is -2.56. The molecule has 5 fully saturated rings. The van der Waals surface area contributed by atoms with Crippen molar-refractivity contribution in [2.24, 2.45) is 17.8 Å². The standard InChI is InChI=1S/C27H40N2O5/c30-24(18-31-8-9-34-27-13-20-10-21(14-27)12-22(11-20)15-27)17-29-6-4-28(5-7-29)16-23-2-1-3-25-26(23)33-19-32-25/h1-3,20-22,24,30H,4-19H2. The molecular formula is C27H40N2O5. The summed E-state index contributed by atoms with van der Waals surface area (Å²) in [5.74, 6) is 4.47. The summed E-state index contributed by atoms with van der Waals surface area (Å²) in [5, 5.41) is 10.5. The van der Waals surface area contributed by atoms with Gasteiger partial charge in [-0.25, -0.2) is 0 Å². The van der Waals surface area contributed by atoms with Gasteiger partial charge in [0.05, 0.1) is 31.5 Å². The van der Waals surface area contributed by atoms with E-state index in [-0.39, 0.29) is 5.60 Å². The van der Waals surface area contributed by atoms with Crippen LogP contribution in [0.2, 0.25) is 0 Å². The highest BCUT2D eigenvalue weighted by molar-refractivity contribution is 5.48. The fourth-order valence-corrected chi connectivity index (χ4v) is 7.58. The van der Waals surface area contributed by atoms with Crippen LogP contribution in [0.15, 0.2) is 18.2 Å². The summed E-state index contributed by atoms with van der Waals surface area (Å²) in [6, 6.07) is 6.11. The zero-order valence-electron chi connectivity index (χ0n) is 20.3. The lowest BCUT2D eigenvalue weighted by atomic mass is 9.54. The van der Waals surface area contributed by atoms with Crippen LogP contribution in [0.1, 0.15) is 44.1 Å². The summed E-state index contributed by atoms with van der Waals surface area (Å²) in [5.41, 5.74) is 1.34. The summed E-state index contributed by atoms with van der Waals surface area (Å²) in [7, 11) is 0. The number of piperazine rings is 1. The first-order valence-corrected chi connectivity index (χ1v) is 13.4. The van der Waals surface area contributed by atoms with E-state index in [9.17, 15) is 5.11 Å². The van der Waals surface area contributed by atoms with E-state index in [1.165, 1.54) is 44.1 Å². The minimum Gasteiger partial charge on any atom is -0.454 e. The Bertz CT molecular complexity index is 805. The van der Waals surface area contributed by atoms with Crippen LogP contribution in [-0.2, 0) is 16.0 Å². The Labute approximate surface area is 203 Å². The monoisotopic (exact) mass is 472 g/mol. The number of hydrogen-bond acceptors (Lipinski definition) is 7. The van der Waals surface area contributed by atoms with Gasteiger partial charge in [-0.2, -0.15) is 0 Å². The second kappa shape index (κ2) is 9.94. The molecule has 0 amide bonds. The molecule has 1 N–H and O–H groups in total. The lowest BCUT2D eigenvalue weighted by Crippen LogP contribution is -2.52. The van der Waals surface area contributed by atoms with Crippen molar-refractivity contribution in [3.63, 3.8) is 0 Å². The zero-order chi connectivity index (χ0) is 23.0. The highest BCUT2D eigenvalue weighted by Gasteiger charge is 2.51. The number of hydrogen-bond donors (Lipinski definition) is 1. The van der Waals surface area contributed by atoms with Gasteiger partial charge in [-0.05, 0) is 62.3 Å². The number of para-hydroxylation sites is 1. The molecule has 34 heavy (non-hydrogen) atoms. The highest BCUT2D eigenvalue weighted by atomic mass is 16.7. The third-order valence-electron chi connectivity index (χ3n) is 8.73. The third kappa shape index (κ3) is 5.09. The predicted molar refractivity (Wildman–Crippen MR) is 128 cm³/mol. The van der Waals surface area contributed by atoms with Gasteiger partial charge in [0.2, 0.25) is 6.79 Å². The molecule has 2 heterocycles. The number of fused-ring (bicyclic) bond motifs is 1. The number of aliphatic hydroxyl groups is 1. The molecule has 1 saturated heterocycles. The molecule has 188 valence electrons. The second-order valence-corrected chi connectivity index (χ2v) is 11.4. The molecule has 0 aromatic heterocycles. The minimum atomic E-state index is -0.450. The third-order valence-corrected chi connectivity index (χ3v) is 8.73. The number of β-amino-alcohol motifs (C(OH)–C–C–N with tert-alkyl or cyclic N) is 1. The van der Waals surface area contributed by atoms with Crippen LogP contribution in [0.25, 0.3) is 0 Å². The van der Waals surface area contributed by atoms with E-state index in [2.05, 4.69) is 15.9 Å². The van der Waals surface area contributed by atoms with Crippen molar-refractivity contribution < 1.29 is 24.1 Å². The smallest absolute Gasteiger partial charge is 0.231 e. The van der Waals surface area contributed by atoms with E-state index >= 15 is 0 Å². The topological polar surface area (TPSA) is 63.6 Å². The Hall–Kier alpha value is -1.38. The number of rotatable bonds is 10. The first-order valence-electron chi connectivity index (χ1n) is 13.4. The second-order valence-electron chi connectivity index (χ2n) is 11.4. The summed E-state index contributed by atoms with van der Waals surface area (Å²) >= 11 is 0. The zero-order valence-corrected chi connectivity index (χ0v) is 20.3. The molecule has 7 heteroatoms. The Kier molecular flexibility index (Phi) is 6.74. The number of benzene rings is 1. The van der Waals surface area contributed by atoms with Gasteiger partial charge in [0.1, 0.15) is 0 Å². The van der Waals surface area contributed by atoms with Crippen molar-refractivity contribution in [1.82, 2.24) is 9.80 Å². The molecule has 0 spiro atoms. The van der Waals surface area contributed by atoms with E-state index in [0.717, 1.165) is 62.0 Å². The van der Waals surface area contributed by atoms with Gasteiger partial charge in [-0.3, -0.25) is 9.80 Å². The van der Waals surface area contributed by atoms with Gasteiger partial charge in [0.25, 0.3) is 0 Å². The summed E-state index contributed by atoms with van der Waals surface area (Å²) in [6.45, 7) is 7.37. The molecular weight excluding hydrogens is 432 g/mol. The highest BCUT2D eigenvalue weighted by Crippen LogP contribution is 2.57. The molecule has 1 unspecified atom stereocenters. The van der Waals surface area contributed by atoms with Gasteiger partial charge in [0, 0.05) is 44.8 Å². The van der Waals surface area contributed by atoms with E-state index in [0.29, 0.717) is 33.2 Å².